The molecule has 0 heterocycles. The Morgan fingerprint density at radius 2 is 1.56 bits per heavy atom. The molecule has 0 fully saturated rings. The third-order valence-electron chi connectivity index (χ3n) is 2.98. The lowest BCUT2D eigenvalue weighted by Gasteiger charge is -2.01. The van der Waals surface area contributed by atoms with Crippen molar-refractivity contribution < 1.29 is 0 Å². The molecule has 0 amide bonds. The molecular weight excluding hydrogens is 192 g/mol. The van der Waals surface area contributed by atoms with Crippen LogP contribution in [0.25, 0.3) is 17.7 Å². The summed E-state index contributed by atoms with van der Waals surface area (Å²) in [7, 11) is 0. The maximum Gasteiger partial charge on any atom is -0.00853 e. The van der Waals surface area contributed by atoms with E-state index in [4.69, 9.17) is 0 Å². The minimum absolute atomic E-state index is 1.10. The molecule has 0 N–H and O–H groups in total. The van der Waals surface area contributed by atoms with Crippen molar-refractivity contribution in [3.8, 4) is 0 Å². The van der Waals surface area contributed by atoms with E-state index in [0.29, 0.717) is 0 Å². The van der Waals surface area contributed by atoms with Gasteiger partial charge in [-0.2, -0.15) is 0 Å². The van der Waals surface area contributed by atoms with Gasteiger partial charge in [0.2, 0.25) is 0 Å². The van der Waals surface area contributed by atoms with Gasteiger partial charge in [0.1, 0.15) is 0 Å². The molecule has 0 aliphatic heterocycles. The van der Waals surface area contributed by atoms with Crippen LogP contribution in [0.2, 0.25) is 0 Å². The second-order valence-corrected chi connectivity index (χ2v) is 3.81. The van der Waals surface area contributed by atoms with Gasteiger partial charge in [0, 0.05) is 0 Å². The lowest BCUT2D eigenvalue weighted by molar-refractivity contribution is 1.28. The van der Waals surface area contributed by atoms with E-state index in [-0.39, 0.29) is 0 Å². The minimum atomic E-state index is 1.10. The van der Waals surface area contributed by atoms with E-state index in [1.807, 2.05) is 13.8 Å². The smallest absolute Gasteiger partial charge is 0.00853 e. The lowest BCUT2D eigenvalue weighted by atomic mass is 10.0. The first kappa shape index (κ1) is 12.8. The predicted molar refractivity (Wildman–Crippen MR) is 74.7 cm³/mol. The van der Waals surface area contributed by atoms with E-state index in [9.17, 15) is 0 Å². The fraction of sp³-hybridized carbons (Fsp3) is 0.375. The van der Waals surface area contributed by atoms with Crippen molar-refractivity contribution in [3.63, 3.8) is 0 Å². The Bertz CT molecular complexity index is 502. The van der Waals surface area contributed by atoms with Crippen LogP contribution in [0.4, 0.5) is 0 Å². The fourth-order valence-corrected chi connectivity index (χ4v) is 2.09. The number of benzene rings is 1. The highest BCUT2D eigenvalue weighted by Crippen LogP contribution is 2.23. The van der Waals surface area contributed by atoms with Crippen LogP contribution < -0.4 is 10.4 Å². The van der Waals surface area contributed by atoms with Crippen LogP contribution in [0.1, 0.15) is 45.7 Å². The molecule has 1 aliphatic carbocycles. The second-order valence-electron chi connectivity index (χ2n) is 3.81. The molecule has 86 valence electrons. The molecule has 16 heavy (non-hydrogen) atoms. The maximum absolute atomic E-state index is 2.32. The van der Waals surface area contributed by atoms with Crippen molar-refractivity contribution in [2.45, 2.75) is 41.0 Å². The SMILES string of the molecule is C/C=c1/cc2c(c/c1=C/C)C(C)=CC2.CC. The Morgan fingerprint density at radius 3 is 2.12 bits per heavy atom. The van der Waals surface area contributed by atoms with Crippen molar-refractivity contribution >= 4 is 17.7 Å². The number of hydrogen-bond donors (Lipinski definition) is 0. The van der Waals surface area contributed by atoms with E-state index >= 15 is 0 Å². The van der Waals surface area contributed by atoms with Gasteiger partial charge in [-0.3, -0.25) is 0 Å². The summed E-state index contributed by atoms with van der Waals surface area (Å²) in [6, 6.07) is 4.63. The minimum Gasteiger partial charge on any atom is -0.0798 e. The second kappa shape index (κ2) is 5.69. The van der Waals surface area contributed by atoms with Crippen LogP contribution in [0.15, 0.2) is 18.2 Å². The van der Waals surface area contributed by atoms with Crippen molar-refractivity contribution in [1.29, 1.82) is 0 Å². The van der Waals surface area contributed by atoms with Crippen LogP contribution in [-0.4, -0.2) is 0 Å². The van der Waals surface area contributed by atoms with Gasteiger partial charge in [0.25, 0.3) is 0 Å². The Balaban J connectivity index is 0.000000606. The third kappa shape index (κ3) is 2.27. The Kier molecular flexibility index (Phi) is 4.54. The Morgan fingerprint density at radius 1 is 1.00 bits per heavy atom. The monoisotopic (exact) mass is 214 g/mol. The van der Waals surface area contributed by atoms with Crippen LogP contribution >= 0.6 is 0 Å². The first-order valence-electron chi connectivity index (χ1n) is 6.19. The first-order valence-corrected chi connectivity index (χ1v) is 6.19. The predicted octanol–water partition coefficient (Wildman–Crippen LogP) is 3.27. The summed E-state index contributed by atoms with van der Waals surface area (Å²) in [6.45, 7) is 10.4. The van der Waals surface area contributed by atoms with Gasteiger partial charge in [0.05, 0.1) is 0 Å². The van der Waals surface area contributed by atoms with Gasteiger partial charge in [-0.1, -0.05) is 38.1 Å². The summed E-state index contributed by atoms with van der Waals surface area (Å²) in [6.07, 6.45) is 7.78. The highest BCUT2D eigenvalue weighted by Gasteiger charge is 2.09. The standard InChI is InChI=1S/C14H16.C2H6/c1-4-11-8-13-7-6-10(3)14(13)9-12(11)5-2;1-2/h4-6,8-9H,7H2,1-3H3;1-2H3/b11-4-,12-5-;. The Hall–Kier alpha value is -1.30. The van der Waals surface area contributed by atoms with E-state index in [1.54, 1.807) is 0 Å². The normalized spacial score (nSPS) is 15.4. The van der Waals surface area contributed by atoms with Crippen molar-refractivity contribution in [2.24, 2.45) is 0 Å². The lowest BCUT2D eigenvalue weighted by Crippen LogP contribution is -2.24. The van der Waals surface area contributed by atoms with Gasteiger partial charge >= 0.3 is 0 Å². The molecule has 0 bridgehead atoms. The van der Waals surface area contributed by atoms with Crippen LogP contribution in [-0.2, 0) is 6.42 Å². The summed E-state index contributed by atoms with van der Waals surface area (Å²) in [5, 5.41) is 2.70. The van der Waals surface area contributed by atoms with Crippen molar-refractivity contribution in [2.75, 3.05) is 0 Å². The summed E-state index contributed by atoms with van der Waals surface area (Å²) >= 11 is 0. The quantitative estimate of drug-likeness (QED) is 0.622. The molecule has 0 atom stereocenters. The molecule has 0 saturated carbocycles. The fourth-order valence-electron chi connectivity index (χ4n) is 2.09. The highest BCUT2D eigenvalue weighted by molar-refractivity contribution is 5.71. The molecule has 0 aromatic heterocycles. The first-order chi connectivity index (χ1) is 7.76. The van der Waals surface area contributed by atoms with Crippen LogP contribution in [0.5, 0.6) is 0 Å². The third-order valence-corrected chi connectivity index (χ3v) is 2.98. The zero-order chi connectivity index (χ0) is 12.1. The number of rotatable bonds is 0. The summed E-state index contributed by atoms with van der Waals surface area (Å²) in [5.74, 6) is 0. The topological polar surface area (TPSA) is 0 Å². The molecule has 0 nitrogen and oxygen atoms in total. The molecule has 0 saturated heterocycles. The van der Waals surface area contributed by atoms with Gasteiger partial charge < -0.3 is 0 Å². The number of fused-ring (bicyclic) bond motifs is 1. The average Bonchev–Trinajstić information content (AvgIpc) is 2.71. The summed E-state index contributed by atoms with van der Waals surface area (Å²) in [4.78, 5) is 0. The molecule has 0 heteroatoms. The highest BCUT2D eigenvalue weighted by atomic mass is 14.1. The maximum atomic E-state index is 2.32. The van der Waals surface area contributed by atoms with Crippen molar-refractivity contribution in [1.82, 2.24) is 0 Å². The Labute approximate surface area is 99.0 Å². The van der Waals surface area contributed by atoms with E-state index in [0.717, 1.165) is 6.42 Å². The van der Waals surface area contributed by atoms with Crippen LogP contribution in [0.3, 0.4) is 0 Å². The molecule has 1 aromatic carbocycles. The molecule has 2 rings (SSSR count). The van der Waals surface area contributed by atoms with E-state index in [1.165, 1.54) is 27.1 Å². The number of hydrogen-bond acceptors (Lipinski definition) is 0. The largest absolute Gasteiger partial charge is 0.0798 e. The van der Waals surface area contributed by atoms with Gasteiger partial charge in [-0.15, -0.1) is 0 Å². The van der Waals surface area contributed by atoms with Crippen LogP contribution in [0, 0.1) is 0 Å². The summed E-state index contributed by atoms with van der Waals surface area (Å²) < 4.78 is 0. The molecule has 0 spiro atoms. The zero-order valence-corrected chi connectivity index (χ0v) is 11.1. The number of allylic oxidation sites excluding steroid dienone is 2. The molecular formula is C16H22. The van der Waals surface area contributed by atoms with Crippen molar-refractivity contribution in [3.05, 3.63) is 39.8 Å². The zero-order valence-electron chi connectivity index (χ0n) is 11.1. The average molecular weight is 214 g/mol. The van der Waals surface area contributed by atoms with Gasteiger partial charge in [0.15, 0.2) is 0 Å². The molecule has 1 aliphatic rings. The molecule has 1 aromatic rings. The van der Waals surface area contributed by atoms with E-state index in [2.05, 4.69) is 51.1 Å². The summed E-state index contributed by atoms with van der Waals surface area (Å²) in [5.41, 5.74) is 4.33. The molecule has 0 radical (unpaired) electrons. The van der Waals surface area contributed by atoms with E-state index < -0.39 is 0 Å². The molecule has 0 unspecified atom stereocenters. The van der Waals surface area contributed by atoms with Gasteiger partial charge in [-0.05, 0) is 60.4 Å². The van der Waals surface area contributed by atoms with Gasteiger partial charge in [-0.25, -0.2) is 0 Å².